The van der Waals surface area contributed by atoms with Crippen LogP contribution in [0.5, 0.6) is 0 Å². The highest BCUT2D eigenvalue weighted by Gasteiger charge is 2.01. The lowest BCUT2D eigenvalue weighted by atomic mass is 10.2. The Labute approximate surface area is 137 Å². The molecule has 0 fully saturated rings. The van der Waals surface area contributed by atoms with Crippen molar-refractivity contribution in [3.8, 4) is 0 Å². The number of aromatic nitrogens is 2. The van der Waals surface area contributed by atoms with Crippen molar-refractivity contribution in [1.82, 2.24) is 20.6 Å². The van der Waals surface area contributed by atoms with Crippen molar-refractivity contribution in [3.05, 3.63) is 54.0 Å². The number of pyridine rings is 2. The van der Waals surface area contributed by atoms with Gasteiger partial charge in [0.15, 0.2) is 5.96 Å². The first-order chi connectivity index (χ1) is 11.2. The zero-order chi connectivity index (χ0) is 16.5. The largest absolute Gasteiger partial charge is 0.363 e. The average molecular weight is 312 g/mol. The van der Waals surface area contributed by atoms with Crippen LogP contribution in [0.2, 0.25) is 0 Å². The summed E-state index contributed by atoms with van der Waals surface area (Å²) < 4.78 is 0. The van der Waals surface area contributed by atoms with Crippen molar-refractivity contribution in [2.75, 3.05) is 25.5 Å². The van der Waals surface area contributed by atoms with Crippen molar-refractivity contribution < 1.29 is 0 Å². The Bertz CT molecular complexity index is 624. The molecular formula is C17H24N6. The monoisotopic (exact) mass is 312 g/mol. The maximum Gasteiger partial charge on any atom is 0.191 e. The standard InChI is InChI=1S/C17H24N6/c1-4-18-17(22-13-15-7-5-6-9-19-15)21-12-14-8-10-20-16(11-14)23(2)3/h5-11H,4,12-13H2,1-3H3,(H2,18,21,22). The summed E-state index contributed by atoms with van der Waals surface area (Å²) in [5.41, 5.74) is 2.11. The van der Waals surface area contributed by atoms with Crippen LogP contribution < -0.4 is 15.5 Å². The maximum atomic E-state index is 4.62. The fourth-order valence-electron chi connectivity index (χ4n) is 1.99. The van der Waals surface area contributed by atoms with Gasteiger partial charge in [0.05, 0.1) is 18.8 Å². The molecule has 0 bridgehead atoms. The lowest BCUT2D eigenvalue weighted by Crippen LogP contribution is -2.37. The minimum Gasteiger partial charge on any atom is -0.363 e. The lowest BCUT2D eigenvalue weighted by molar-refractivity contribution is 0.799. The number of nitrogens with one attached hydrogen (secondary N) is 2. The van der Waals surface area contributed by atoms with Gasteiger partial charge in [-0.25, -0.2) is 9.98 Å². The molecular weight excluding hydrogens is 288 g/mol. The summed E-state index contributed by atoms with van der Waals surface area (Å²) in [7, 11) is 3.96. The van der Waals surface area contributed by atoms with Crippen LogP contribution in [0.25, 0.3) is 0 Å². The molecule has 0 aliphatic heterocycles. The van der Waals surface area contributed by atoms with Crippen LogP contribution >= 0.6 is 0 Å². The van der Waals surface area contributed by atoms with E-state index < -0.39 is 0 Å². The van der Waals surface area contributed by atoms with E-state index in [0.717, 1.165) is 29.6 Å². The number of hydrogen-bond donors (Lipinski definition) is 2. The zero-order valence-electron chi connectivity index (χ0n) is 14.0. The van der Waals surface area contributed by atoms with Crippen molar-refractivity contribution in [2.24, 2.45) is 4.99 Å². The molecule has 6 nitrogen and oxygen atoms in total. The van der Waals surface area contributed by atoms with E-state index in [2.05, 4.69) is 32.5 Å². The van der Waals surface area contributed by atoms with Gasteiger partial charge >= 0.3 is 0 Å². The highest BCUT2D eigenvalue weighted by molar-refractivity contribution is 5.79. The number of hydrogen-bond acceptors (Lipinski definition) is 4. The van der Waals surface area contributed by atoms with Crippen LogP contribution in [0.4, 0.5) is 5.82 Å². The molecule has 0 unspecified atom stereocenters. The third-order valence-corrected chi connectivity index (χ3v) is 3.20. The van der Waals surface area contributed by atoms with E-state index in [4.69, 9.17) is 0 Å². The molecule has 2 aromatic heterocycles. The van der Waals surface area contributed by atoms with Crippen molar-refractivity contribution in [3.63, 3.8) is 0 Å². The van der Waals surface area contributed by atoms with Crippen LogP contribution in [-0.2, 0) is 13.1 Å². The number of aliphatic imine (C=N–C) groups is 1. The lowest BCUT2D eigenvalue weighted by Gasteiger charge is -2.13. The quantitative estimate of drug-likeness (QED) is 0.629. The predicted octanol–water partition coefficient (Wildman–Crippen LogP) is 1.80. The molecule has 0 aliphatic rings. The molecule has 2 heterocycles. The highest BCUT2D eigenvalue weighted by atomic mass is 15.2. The Morgan fingerprint density at radius 1 is 1.13 bits per heavy atom. The van der Waals surface area contributed by atoms with Gasteiger partial charge < -0.3 is 15.5 Å². The maximum absolute atomic E-state index is 4.62. The van der Waals surface area contributed by atoms with Gasteiger partial charge in [-0.1, -0.05) is 6.07 Å². The van der Waals surface area contributed by atoms with Crippen LogP contribution in [0.1, 0.15) is 18.2 Å². The summed E-state index contributed by atoms with van der Waals surface area (Å²) in [5.74, 6) is 1.71. The number of rotatable bonds is 6. The third-order valence-electron chi connectivity index (χ3n) is 3.20. The fourth-order valence-corrected chi connectivity index (χ4v) is 1.99. The first kappa shape index (κ1) is 16.7. The molecule has 2 aromatic rings. The number of nitrogens with zero attached hydrogens (tertiary/aromatic N) is 4. The minimum atomic E-state index is 0.598. The zero-order valence-corrected chi connectivity index (χ0v) is 14.0. The SMILES string of the molecule is CCNC(=NCc1ccnc(N(C)C)c1)NCc1ccccn1. The normalized spacial score (nSPS) is 11.2. The van der Waals surface area contributed by atoms with Gasteiger partial charge in [-0.15, -0.1) is 0 Å². The molecule has 0 saturated heterocycles. The Hall–Kier alpha value is -2.63. The summed E-state index contributed by atoms with van der Waals surface area (Å²) in [6.45, 7) is 4.11. The molecule has 0 aliphatic carbocycles. The van der Waals surface area contributed by atoms with Crippen molar-refractivity contribution in [2.45, 2.75) is 20.0 Å². The molecule has 0 atom stereocenters. The summed E-state index contributed by atoms with van der Waals surface area (Å²) >= 11 is 0. The van der Waals surface area contributed by atoms with Gasteiger partial charge in [0.25, 0.3) is 0 Å². The second kappa shape index (κ2) is 8.73. The summed E-state index contributed by atoms with van der Waals surface area (Å²) in [6.07, 6.45) is 3.61. The second-order valence-corrected chi connectivity index (χ2v) is 5.29. The minimum absolute atomic E-state index is 0.598. The molecule has 122 valence electrons. The number of guanidine groups is 1. The molecule has 6 heteroatoms. The fraction of sp³-hybridized carbons (Fsp3) is 0.353. The third kappa shape index (κ3) is 5.58. The van der Waals surface area contributed by atoms with E-state index in [0.29, 0.717) is 13.1 Å². The molecule has 2 N–H and O–H groups in total. The van der Waals surface area contributed by atoms with Crippen molar-refractivity contribution in [1.29, 1.82) is 0 Å². The van der Waals surface area contributed by atoms with E-state index in [-0.39, 0.29) is 0 Å². The van der Waals surface area contributed by atoms with Gasteiger partial charge in [-0.05, 0) is 36.8 Å². The summed E-state index contributed by atoms with van der Waals surface area (Å²) in [4.78, 5) is 15.2. The van der Waals surface area contributed by atoms with Crippen LogP contribution in [0, 0.1) is 0 Å². The van der Waals surface area contributed by atoms with Gasteiger partial charge in [0.1, 0.15) is 5.82 Å². The topological polar surface area (TPSA) is 65.4 Å². The Balaban J connectivity index is 1.99. The predicted molar refractivity (Wildman–Crippen MR) is 94.5 cm³/mol. The summed E-state index contributed by atoms with van der Waals surface area (Å²) in [5, 5.41) is 6.54. The number of anilines is 1. The van der Waals surface area contributed by atoms with Crippen LogP contribution in [0.3, 0.4) is 0 Å². The Morgan fingerprint density at radius 2 is 2.00 bits per heavy atom. The van der Waals surface area contributed by atoms with Gasteiger partial charge in [0.2, 0.25) is 0 Å². The highest BCUT2D eigenvalue weighted by Crippen LogP contribution is 2.10. The van der Waals surface area contributed by atoms with E-state index in [1.54, 1.807) is 6.20 Å². The van der Waals surface area contributed by atoms with E-state index in [9.17, 15) is 0 Å². The van der Waals surface area contributed by atoms with Gasteiger partial charge in [0, 0.05) is 33.0 Å². The Kier molecular flexibility index (Phi) is 6.35. The Morgan fingerprint density at radius 3 is 2.70 bits per heavy atom. The molecule has 0 spiro atoms. The van der Waals surface area contributed by atoms with Crippen LogP contribution in [-0.4, -0.2) is 36.6 Å². The molecule has 0 aromatic carbocycles. The van der Waals surface area contributed by atoms with E-state index >= 15 is 0 Å². The molecule has 0 saturated carbocycles. The van der Waals surface area contributed by atoms with Crippen LogP contribution in [0.15, 0.2) is 47.7 Å². The van der Waals surface area contributed by atoms with E-state index in [1.165, 1.54) is 0 Å². The molecule has 0 amide bonds. The smallest absolute Gasteiger partial charge is 0.191 e. The van der Waals surface area contributed by atoms with E-state index in [1.807, 2.05) is 55.5 Å². The molecule has 2 rings (SSSR count). The van der Waals surface area contributed by atoms with Gasteiger partial charge in [-0.3, -0.25) is 4.98 Å². The average Bonchev–Trinajstić information content (AvgIpc) is 2.58. The second-order valence-electron chi connectivity index (χ2n) is 5.29. The van der Waals surface area contributed by atoms with Gasteiger partial charge in [-0.2, -0.15) is 0 Å². The molecule has 23 heavy (non-hydrogen) atoms. The molecule has 0 radical (unpaired) electrons. The first-order valence-electron chi connectivity index (χ1n) is 7.73. The first-order valence-corrected chi connectivity index (χ1v) is 7.73. The summed E-state index contributed by atoms with van der Waals surface area (Å²) in [6, 6.07) is 9.91. The van der Waals surface area contributed by atoms with Crippen molar-refractivity contribution >= 4 is 11.8 Å².